The van der Waals surface area contributed by atoms with Crippen LogP contribution in [0.1, 0.15) is 52.7 Å². The fraction of sp³-hybridized carbons (Fsp3) is 0.176. The van der Waals surface area contributed by atoms with Gasteiger partial charge in [-0.05, 0) is 99.8 Å². The molecule has 0 amide bonds. The SMILES string of the molecule is [C-]#[N+]c1ccc(-c2cc(Oc3ccc4c5ccccc5n(-c5cc(C(C)(C)C)ccn5)c4c3)cc(N3CN(c4cccc(C(C)(C)C)c4)c4ccccc43)c2)cc1. The smallest absolute Gasteiger partial charge is 0.187 e. The number of nitrogens with zero attached hydrogens (tertiary/aromatic N) is 5. The highest BCUT2D eigenvalue weighted by molar-refractivity contribution is 6.09. The summed E-state index contributed by atoms with van der Waals surface area (Å²) in [6, 6.07) is 50.9. The number of hydrogen-bond acceptors (Lipinski definition) is 4. The quantitative estimate of drug-likeness (QED) is 0.159. The van der Waals surface area contributed by atoms with E-state index in [1.165, 1.54) is 16.5 Å². The predicted molar refractivity (Wildman–Crippen MR) is 236 cm³/mol. The van der Waals surface area contributed by atoms with Gasteiger partial charge in [0.25, 0.3) is 0 Å². The van der Waals surface area contributed by atoms with E-state index in [9.17, 15) is 0 Å². The molecule has 2 aromatic heterocycles. The van der Waals surface area contributed by atoms with E-state index in [-0.39, 0.29) is 10.8 Å². The summed E-state index contributed by atoms with van der Waals surface area (Å²) in [6.07, 6.45) is 1.91. The van der Waals surface area contributed by atoms with Gasteiger partial charge in [-0.15, -0.1) is 0 Å². The second-order valence-corrected chi connectivity index (χ2v) is 16.9. The average molecular weight is 744 g/mol. The van der Waals surface area contributed by atoms with Crippen molar-refractivity contribution in [2.45, 2.75) is 52.4 Å². The number of rotatable bonds is 6. The standard InChI is InChI=1S/C51H45N5O/c1-50(2,3)36-13-12-14-39(29-36)54-33-55(47-18-11-10-17-46(47)54)40-27-35(34-19-21-38(52-7)22-20-34)28-42(31-40)57-41-23-24-44-43-15-8-9-16-45(43)56(48(44)32-41)49-30-37(25-26-53-49)51(4,5)6/h8-32H,33H2,1-6H3. The minimum atomic E-state index is -0.0207. The first-order chi connectivity index (χ1) is 27.4. The fourth-order valence-corrected chi connectivity index (χ4v) is 7.89. The number of fused-ring (bicyclic) bond motifs is 4. The Labute approximate surface area is 335 Å². The molecular formula is C51H45N5O. The van der Waals surface area contributed by atoms with Crippen LogP contribution in [0.25, 0.3) is 43.6 Å². The summed E-state index contributed by atoms with van der Waals surface area (Å²) in [7, 11) is 0. The minimum absolute atomic E-state index is 0.0207. The fourth-order valence-electron chi connectivity index (χ4n) is 7.89. The van der Waals surface area contributed by atoms with Gasteiger partial charge in [0.2, 0.25) is 0 Å². The van der Waals surface area contributed by atoms with Crippen LogP contribution in [0.2, 0.25) is 0 Å². The van der Waals surface area contributed by atoms with Gasteiger partial charge in [0.15, 0.2) is 5.69 Å². The average Bonchev–Trinajstić information content (AvgIpc) is 3.76. The molecule has 9 rings (SSSR count). The van der Waals surface area contributed by atoms with Crippen LogP contribution in [0.5, 0.6) is 11.5 Å². The highest BCUT2D eigenvalue weighted by atomic mass is 16.5. The number of para-hydroxylation sites is 3. The molecule has 0 bridgehead atoms. The summed E-state index contributed by atoms with van der Waals surface area (Å²) >= 11 is 0. The number of benzene rings is 6. The number of aromatic nitrogens is 2. The van der Waals surface area contributed by atoms with Crippen LogP contribution < -0.4 is 14.5 Å². The maximum atomic E-state index is 7.52. The van der Waals surface area contributed by atoms with Gasteiger partial charge in [0.1, 0.15) is 24.0 Å². The lowest BCUT2D eigenvalue weighted by molar-refractivity contribution is 0.483. The third-order valence-corrected chi connectivity index (χ3v) is 11.0. The zero-order valence-electron chi connectivity index (χ0n) is 33.3. The van der Waals surface area contributed by atoms with Crippen molar-refractivity contribution in [3.63, 3.8) is 0 Å². The molecule has 280 valence electrons. The molecule has 1 aliphatic heterocycles. The molecule has 0 aliphatic carbocycles. The van der Waals surface area contributed by atoms with E-state index in [0.717, 1.165) is 67.6 Å². The van der Waals surface area contributed by atoms with E-state index in [1.807, 2.05) is 30.5 Å². The molecule has 57 heavy (non-hydrogen) atoms. The van der Waals surface area contributed by atoms with Gasteiger partial charge in [0, 0.05) is 40.5 Å². The Morgan fingerprint density at radius 1 is 0.561 bits per heavy atom. The Morgan fingerprint density at radius 3 is 1.98 bits per heavy atom. The monoisotopic (exact) mass is 743 g/mol. The highest BCUT2D eigenvalue weighted by Crippen LogP contribution is 2.47. The van der Waals surface area contributed by atoms with E-state index in [0.29, 0.717) is 12.4 Å². The first-order valence-corrected chi connectivity index (χ1v) is 19.5. The number of anilines is 4. The first kappa shape index (κ1) is 35.8. The molecule has 1 aliphatic rings. The van der Waals surface area contributed by atoms with Crippen molar-refractivity contribution >= 4 is 50.2 Å². The highest BCUT2D eigenvalue weighted by Gasteiger charge is 2.29. The molecule has 6 aromatic carbocycles. The normalized spacial score (nSPS) is 12.9. The molecule has 0 unspecified atom stereocenters. The Morgan fingerprint density at radius 2 is 1.25 bits per heavy atom. The van der Waals surface area contributed by atoms with Crippen molar-refractivity contribution in [3.8, 4) is 28.4 Å². The van der Waals surface area contributed by atoms with E-state index in [4.69, 9.17) is 16.3 Å². The number of pyridine rings is 1. The van der Waals surface area contributed by atoms with Gasteiger partial charge < -0.3 is 14.5 Å². The van der Waals surface area contributed by atoms with Crippen LogP contribution in [0.15, 0.2) is 152 Å². The van der Waals surface area contributed by atoms with Crippen molar-refractivity contribution in [1.29, 1.82) is 0 Å². The van der Waals surface area contributed by atoms with Crippen LogP contribution in [0.3, 0.4) is 0 Å². The molecule has 6 heteroatoms. The second-order valence-electron chi connectivity index (χ2n) is 16.9. The van der Waals surface area contributed by atoms with Crippen molar-refractivity contribution in [2.24, 2.45) is 0 Å². The van der Waals surface area contributed by atoms with Gasteiger partial charge in [-0.3, -0.25) is 4.57 Å². The molecule has 0 atom stereocenters. The van der Waals surface area contributed by atoms with Gasteiger partial charge in [-0.25, -0.2) is 9.83 Å². The van der Waals surface area contributed by atoms with E-state index in [1.54, 1.807) is 0 Å². The van der Waals surface area contributed by atoms with Crippen LogP contribution >= 0.6 is 0 Å². The van der Waals surface area contributed by atoms with Crippen LogP contribution in [0.4, 0.5) is 28.4 Å². The molecule has 0 saturated carbocycles. The molecule has 8 aromatic rings. The van der Waals surface area contributed by atoms with E-state index < -0.39 is 0 Å². The van der Waals surface area contributed by atoms with Gasteiger partial charge in [-0.2, -0.15) is 0 Å². The number of hydrogen-bond donors (Lipinski definition) is 0. The van der Waals surface area contributed by atoms with E-state index in [2.05, 4.69) is 182 Å². The second kappa shape index (κ2) is 13.7. The summed E-state index contributed by atoms with van der Waals surface area (Å²) in [6.45, 7) is 21.6. The van der Waals surface area contributed by atoms with Gasteiger partial charge in [-0.1, -0.05) is 108 Å². The predicted octanol–water partition coefficient (Wildman–Crippen LogP) is 14.0. The Hall–Kier alpha value is -6.84. The maximum Gasteiger partial charge on any atom is 0.187 e. The molecular weight excluding hydrogens is 699 g/mol. The molecule has 0 saturated heterocycles. The molecule has 3 heterocycles. The largest absolute Gasteiger partial charge is 0.457 e. The van der Waals surface area contributed by atoms with Gasteiger partial charge >= 0.3 is 0 Å². The summed E-state index contributed by atoms with van der Waals surface area (Å²) < 4.78 is 9.14. The summed E-state index contributed by atoms with van der Waals surface area (Å²) in [4.78, 5) is 13.3. The van der Waals surface area contributed by atoms with Gasteiger partial charge in [0.05, 0.1) is 29.0 Å². The lowest BCUT2D eigenvalue weighted by Crippen LogP contribution is -2.24. The van der Waals surface area contributed by atoms with Crippen molar-refractivity contribution < 1.29 is 4.74 Å². The van der Waals surface area contributed by atoms with Crippen molar-refractivity contribution in [2.75, 3.05) is 16.5 Å². The lowest BCUT2D eigenvalue weighted by Gasteiger charge is -2.25. The summed E-state index contributed by atoms with van der Waals surface area (Å²) in [5.74, 6) is 2.33. The summed E-state index contributed by atoms with van der Waals surface area (Å²) in [5, 5.41) is 2.30. The zero-order chi connectivity index (χ0) is 39.5. The van der Waals surface area contributed by atoms with Crippen molar-refractivity contribution in [3.05, 3.63) is 174 Å². The van der Waals surface area contributed by atoms with Crippen LogP contribution in [-0.2, 0) is 10.8 Å². The molecule has 0 radical (unpaired) electrons. The Bertz CT molecular complexity index is 2850. The van der Waals surface area contributed by atoms with E-state index >= 15 is 0 Å². The molecule has 0 fully saturated rings. The molecule has 0 spiro atoms. The van der Waals surface area contributed by atoms with Crippen LogP contribution in [-0.4, -0.2) is 16.2 Å². The molecule has 0 N–H and O–H groups in total. The summed E-state index contributed by atoms with van der Waals surface area (Å²) in [5.41, 5.74) is 11.7. The van der Waals surface area contributed by atoms with Crippen LogP contribution in [0, 0.1) is 6.57 Å². The third kappa shape index (κ3) is 6.66. The van der Waals surface area contributed by atoms with Crippen molar-refractivity contribution in [1.82, 2.24) is 9.55 Å². The lowest BCUT2D eigenvalue weighted by atomic mass is 9.87. The number of ether oxygens (including phenoxy) is 1. The topological polar surface area (TPSA) is 37.9 Å². The Kier molecular flexibility index (Phi) is 8.63. The minimum Gasteiger partial charge on any atom is -0.457 e. The molecule has 6 nitrogen and oxygen atoms in total. The maximum absolute atomic E-state index is 7.52. The zero-order valence-corrected chi connectivity index (χ0v) is 33.3. The Balaban J connectivity index is 1.16. The first-order valence-electron chi connectivity index (χ1n) is 19.5. The third-order valence-electron chi connectivity index (χ3n) is 11.0.